The van der Waals surface area contributed by atoms with Crippen LogP contribution < -0.4 is 0 Å². The van der Waals surface area contributed by atoms with Gasteiger partial charge in [-0.15, -0.1) is 6.58 Å². The van der Waals surface area contributed by atoms with Crippen molar-refractivity contribution >= 4 is 5.57 Å². The average Bonchev–Trinajstić information content (AvgIpc) is 2.78. The fraction of sp³-hybridized carbons (Fsp3) is 0.333. The molecule has 0 saturated heterocycles. The number of halogens is 3. The first-order chi connectivity index (χ1) is 14.5. The van der Waals surface area contributed by atoms with Crippen molar-refractivity contribution in [3.8, 4) is 11.1 Å². The lowest BCUT2D eigenvalue weighted by Crippen LogP contribution is -2.22. The van der Waals surface area contributed by atoms with Crippen LogP contribution in [0.5, 0.6) is 0 Å². The van der Waals surface area contributed by atoms with E-state index in [0.29, 0.717) is 22.6 Å². The number of rotatable bonds is 4. The number of benzene rings is 2. The number of allylic oxidation sites excluding steroid dienone is 5. The molecule has 2 aromatic rings. The highest BCUT2D eigenvalue weighted by atomic mass is 19.2. The minimum absolute atomic E-state index is 0.168. The fourth-order valence-electron chi connectivity index (χ4n) is 4.61. The van der Waals surface area contributed by atoms with Gasteiger partial charge in [0.1, 0.15) is 5.82 Å². The highest BCUT2D eigenvalue weighted by Gasteiger charge is 2.29. The minimum atomic E-state index is -1.66. The molecule has 0 nitrogen and oxygen atoms in total. The Bertz CT molecular complexity index is 976. The van der Waals surface area contributed by atoms with E-state index in [1.165, 1.54) is 0 Å². The third kappa shape index (κ3) is 4.03. The maximum Gasteiger partial charge on any atom is 0.161 e. The van der Waals surface area contributed by atoms with E-state index in [9.17, 15) is 13.2 Å². The molecule has 2 atom stereocenters. The molecule has 0 aliphatic heterocycles. The zero-order valence-electron chi connectivity index (χ0n) is 17.3. The van der Waals surface area contributed by atoms with Crippen molar-refractivity contribution in [2.24, 2.45) is 5.92 Å². The predicted molar refractivity (Wildman–Crippen MR) is 118 cm³/mol. The Morgan fingerprint density at radius 2 is 1.47 bits per heavy atom. The largest absolute Gasteiger partial charge is 0.239 e. The van der Waals surface area contributed by atoms with Gasteiger partial charge in [0.25, 0.3) is 0 Å². The van der Waals surface area contributed by atoms with Gasteiger partial charge in [-0.1, -0.05) is 54.6 Å². The lowest BCUT2D eigenvalue weighted by atomic mass is 9.78. The van der Waals surface area contributed by atoms with Gasteiger partial charge < -0.3 is 0 Å². The standard InChI is InChI=1S/C27H27F3/c1-3-18-5-7-20(8-6-18)23-15-13-22(16-25(23)28)19-9-11-21(12-10-19)24-14-4-17(2)26(29)27(24)30/h3-4,9-16,18,20,26-27H,1,5-8H2,2H3. The summed E-state index contributed by atoms with van der Waals surface area (Å²) in [5.74, 6) is 0.651. The minimum Gasteiger partial charge on any atom is -0.239 e. The molecule has 2 unspecified atom stereocenters. The van der Waals surface area contributed by atoms with Crippen LogP contribution in [0.15, 0.2) is 72.8 Å². The molecule has 0 spiro atoms. The van der Waals surface area contributed by atoms with Crippen LogP contribution in [0.1, 0.15) is 49.7 Å². The summed E-state index contributed by atoms with van der Waals surface area (Å²) < 4.78 is 43.3. The average molecular weight is 409 g/mol. The first-order valence-corrected chi connectivity index (χ1v) is 10.7. The molecule has 2 aliphatic carbocycles. The number of hydrogen-bond donors (Lipinski definition) is 0. The van der Waals surface area contributed by atoms with E-state index in [0.717, 1.165) is 42.4 Å². The zero-order valence-corrected chi connectivity index (χ0v) is 17.3. The van der Waals surface area contributed by atoms with Crippen molar-refractivity contribution in [3.63, 3.8) is 0 Å². The van der Waals surface area contributed by atoms with Crippen molar-refractivity contribution in [3.05, 3.63) is 89.8 Å². The van der Waals surface area contributed by atoms with Gasteiger partial charge in [-0.3, -0.25) is 0 Å². The fourth-order valence-corrected chi connectivity index (χ4v) is 4.61. The summed E-state index contributed by atoms with van der Waals surface area (Å²) in [4.78, 5) is 0. The normalized spacial score (nSPS) is 26.7. The van der Waals surface area contributed by atoms with E-state index in [1.54, 1.807) is 37.3 Å². The van der Waals surface area contributed by atoms with E-state index in [2.05, 4.69) is 6.58 Å². The molecular weight excluding hydrogens is 381 g/mol. The van der Waals surface area contributed by atoms with Crippen LogP contribution in [-0.4, -0.2) is 12.3 Å². The van der Waals surface area contributed by atoms with E-state index >= 15 is 0 Å². The summed E-state index contributed by atoms with van der Waals surface area (Å²) in [6, 6.07) is 12.7. The summed E-state index contributed by atoms with van der Waals surface area (Å²) >= 11 is 0. The molecule has 2 aromatic carbocycles. The molecule has 1 fully saturated rings. The molecule has 3 heteroatoms. The molecule has 0 heterocycles. The molecule has 0 bridgehead atoms. The van der Waals surface area contributed by atoms with Gasteiger partial charge in [0.05, 0.1) is 0 Å². The maximum absolute atomic E-state index is 14.9. The Balaban J connectivity index is 1.52. The summed E-state index contributed by atoms with van der Waals surface area (Å²) in [6.07, 6.45) is 6.13. The summed E-state index contributed by atoms with van der Waals surface area (Å²) in [7, 11) is 0. The first-order valence-electron chi connectivity index (χ1n) is 10.7. The lowest BCUT2D eigenvalue weighted by molar-refractivity contribution is 0.242. The van der Waals surface area contributed by atoms with Crippen molar-refractivity contribution in [2.45, 2.75) is 50.9 Å². The van der Waals surface area contributed by atoms with Crippen LogP contribution in [0, 0.1) is 11.7 Å². The molecule has 4 rings (SSSR count). The smallest absolute Gasteiger partial charge is 0.161 e. The Morgan fingerprint density at radius 1 is 0.833 bits per heavy atom. The van der Waals surface area contributed by atoms with E-state index in [1.807, 2.05) is 30.3 Å². The van der Waals surface area contributed by atoms with E-state index in [-0.39, 0.29) is 11.7 Å². The lowest BCUT2D eigenvalue weighted by Gasteiger charge is -2.27. The summed E-state index contributed by atoms with van der Waals surface area (Å²) in [5, 5.41) is 0. The number of alkyl halides is 2. The van der Waals surface area contributed by atoms with Crippen LogP contribution in [0.25, 0.3) is 16.7 Å². The molecule has 0 aromatic heterocycles. The molecule has 0 radical (unpaired) electrons. The third-order valence-electron chi connectivity index (χ3n) is 6.61. The van der Waals surface area contributed by atoms with Crippen LogP contribution in [0.4, 0.5) is 13.2 Å². The molecular formula is C27H27F3. The van der Waals surface area contributed by atoms with Gasteiger partial charge in [0, 0.05) is 0 Å². The SMILES string of the molecule is C=CC1CCC(c2ccc(-c3ccc(C4=CC=C(C)C(F)C4F)cc3)cc2F)CC1. The maximum atomic E-state index is 14.9. The van der Waals surface area contributed by atoms with E-state index < -0.39 is 12.3 Å². The molecule has 2 aliphatic rings. The Labute approximate surface area is 176 Å². The quantitative estimate of drug-likeness (QED) is 0.450. The van der Waals surface area contributed by atoms with Gasteiger partial charge in [-0.2, -0.15) is 0 Å². The predicted octanol–water partition coefficient (Wildman–Crippen LogP) is 7.97. The first kappa shape index (κ1) is 20.7. The van der Waals surface area contributed by atoms with Gasteiger partial charge in [-0.25, -0.2) is 13.2 Å². The topological polar surface area (TPSA) is 0 Å². The van der Waals surface area contributed by atoms with Crippen molar-refractivity contribution in [1.82, 2.24) is 0 Å². The molecule has 156 valence electrons. The summed E-state index contributed by atoms with van der Waals surface area (Å²) in [6.45, 7) is 5.47. The van der Waals surface area contributed by atoms with Crippen LogP contribution >= 0.6 is 0 Å². The monoisotopic (exact) mass is 408 g/mol. The number of hydrogen-bond acceptors (Lipinski definition) is 0. The van der Waals surface area contributed by atoms with Gasteiger partial charge >= 0.3 is 0 Å². The van der Waals surface area contributed by atoms with Crippen molar-refractivity contribution < 1.29 is 13.2 Å². The Hall–Kier alpha value is -2.55. The van der Waals surface area contributed by atoms with Gasteiger partial charge in [0.2, 0.25) is 0 Å². The highest BCUT2D eigenvalue weighted by molar-refractivity contribution is 5.75. The molecule has 0 N–H and O–H groups in total. The van der Waals surface area contributed by atoms with Gasteiger partial charge in [0.15, 0.2) is 12.3 Å². The summed E-state index contributed by atoms with van der Waals surface area (Å²) in [5.41, 5.74) is 3.83. The second-order valence-corrected chi connectivity index (χ2v) is 8.50. The molecule has 1 saturated carbocycles. The van der Waals surface area contributed by atoms with Crippen molar-refractivity contribution in [1.29, 1.82) is 0 Å². The van der Waals surface area contributed by atoms with Crippen molar-refractivity contribution in [2.75, 3.05) is 0 Å². The van der Waals surface area contributed by atoms with Gasteiger partial charge in [-0.05, 0) is 83.9 Å². The van der Waals surface area contributed by atoms with Crippen LogP contribution in [0.3, 0.4) is 0 Å². The molecule has 0 amide bonds. The second-order valence-electron chi connectivity index (χ2n) is 8.50. The third-order valence-corrected chi connectivity index (χ3v) is 6.61. The van der Waals surface area contributed by atoms with Crippen LogP contribution in [-0.2, 0) is 0 Å². The van der Waals surface area contributed by atoms with E-state index in [4.69, 9.17) is 0 Å². The molecule has 30 heavy (non-hydrogen) atoms. The highest BCUT2D eigenvalue weighted by Crippen LogP contribution is 2.38. The second kappa shape index (κ2) is 8.67. The Morgan fingerprint density at radius 3 is 2.10 bits per heavy atom. The zero-order chi connectivity index (χ0) is 21.3. The Kier molecular flexibility index (Phi) is 5.99. The van der Waals surface area contributed by atoms with Crippen LogP contribution in [0.2, 0.25) is 0 Å².